The zero-order valence-corrected chi connectivity index (χ0v) is 17.9. The molecule has 2 saturated heterocycles. The van der Waals surface area contributed by atoms with Gasteiger partial charge in [0.15, 0.2) is 0 Å². The molecule has 3 rings (SSSR count). The monoisotopic (exact) mass is 426 g/mol. The number of piperidine rings is 1. The van der Waals surface area contributed by atoms with Gasteiger partial charge in [0.1, 0.15) is 5.82 Å². The zero-order valence-electron chi connectivity index (χ0n) is 17.1. The number of amides is 2. The highest BCUT2D eigenvalue weighted by Crippen LogP contribution is 2.18. The minimum atomic E-state index is -0.240. The van der Waals surface area contributed by atoms with E-state index in [0.29, 0.717) is 18.5 Å². The van der Waals surface area contributed by atoms with E-state index in [-0.39, 0.29) is 36.0 Å². The maximum Gasteiger partial charge on any atom is 0.223 e. The standard InChI is InChI=1S/C21H31FN4O2.ClH/c1-16-2-3-17(14-19(16)22)15-24-21(28)18-4-9-25(10-5-18)11-6-20(27)26-12-7-23-8-13-26;/h2-3,14,18,23H,4-13,15H2,1H3,(H,24,28);1H. The minimum Gasteiger partial charge on any atom is -0.352 e. The number of aryl methyl sites for hydroxylation is 1. The first-order chi connectivity index (χ1) is 13.5. The highest BCUT2D eigenvalue weighted by Gasteiger charge is 2.25. The van der Waals surface area contributed by atoms with E-state index in [4.69, 9.17) is 0 Å². The first-order valence-corrected chi connectivity index (χ1v) is 10.3. The first-order valence-electron chi connectivity index (χ1n) is 10.3. The molecule has 6 nitrogen and oxygen atoms in total. The molecular weight excluding hydrogens is 395 g/mol. The number of carbonyl (C=O) groups is 2. The van der Waals surface area contributed by atoms with E-state index in [1.54, 1.807) is 13.0 Å². The molecule has 0 aliphatic carbocycles. The number of nitrogens with one attached hydrogen (secondary N) is 2. The molecule has 0 unspecified atom stereocenters. The Balaban J connectivity index is 0.00000300. The quantitative estimate of drug-likeness (QED) is 0.726. The molecule has 2 N–H and O–H groups in total. The summed E-state index contributed by atoms with van der Waals surface area (Å²) >= 11 is 0. The molecule has 2 fully saturated rings. The molecule has 2 aliphatic rings. The normalized spacial score (nSPS) is 18.2. The molecule has 0 bridgehead atoms. The van der Waals surface area contributed by atoms with E-state index in [0.717, 1.165) is 64.2 Å². The summed E-state index contributed by atoms with van der Waals surface area (Å²) in [5.41, 5.74) is 1.39. The Morgan fingerprint density at radius 2 is 1.86 bits per heavy atom. The zero-order chi connectivity index (χ0) is 19.9. The van der Waals surface area contributed by atoms with Gasteiger partial charge in [0.25, 0.3) is 0 Å². The Bertz CT molecular complexity index is 689. The summed E-state index contributed by atoms with van der Waals surface area (Å²) in [6, 6.07) is 5.06. The van der Waals surface area contributed by atoms with Crippen LogP contribution >= 0.6 is 12.4 Å². The van der Waals surface area contributed by atoms with Crippen LogP contribution in [0.25, 0.3) is 0 Å². The Kier molecular flexibility index (Phi) is 9.33. The Morgan fingerprint density at radius 3 is 2.52 bits per heavy atom. The minimum absolute atomic E-state index is 0. The summed E-state index contributed by atoms with van der Waals surface area (Å²) < 4.78 is 13.6. The van der Waals surface area contributed by atoms with Crippen molar-refractivity contribution in [3.05, 3.63) is 35.1 Å². The summed E-state index contributed by atoms with van der Waals surface area (Å²) in [6.45, 7) is 7.87. The van der Waals surface area contributed by atoms with Crippen molar-refractivity contribution < 1.29 is 14.0 Å². The van der Waals surface area contributed by atoms with Crippen molar-refractivity contribution in [2.24, 2.45) is 5.92 Å². The van der Waals surface area contributed by atoms with Crippen LogP contribution in [-0.4, -0.2) is 67.4 Å². The van der Waals surface area contributed by atoms with Gasteiger partial charge in [-0.05, 0) is 50.0 Å². The summed E-state index contributed by atoms with van der Waals surface area (Å²) in [6.07, 6.45) is 2.15. The third kappa shape index (κ3) is 6.94. The lowest BCUT2D eigenvalue weighted by Crippen LogP contribution is -2.47. The van der Waals surface area contributed by atoms with Gasteiger partial charge in [0.05, 0.1) is 0 Å². The number of halogens is 2. The molecule has 162 valence electrons. The molecule has 1 aromatic rings. The molecule has 1 aromatic carbocycles. The van der Waals surface area contributed by atoms with E-state index < -0.39 is 0 Å². The Morgan fingerprint density at radius 1 is 1.17 bits per heavy atom. The molecule has 29 heavy (non-hydrogen) atoms. The van der Waals surface area contributed by atoms with Crippen LogP contribution in [0.3, 0.4) is 0 Å². The molecule has 8 heteroatoms. The second kappa shape index (κ2) is 11.5. The number of nitrogens with zero attached hydrogens (tertiary/aromatic N) is 2. The van der Waals surface area contributed by atoms with Crippen LogP contribution in [0.4, 0.5) is 4.39 Å². The van der Waals surface area contributed by atoms with E-state index in [1.165, 1.54) is 6.07 Å². The van der Waals surface area contributed by atoms with Crippen molar-refractivity contribution >= 4 is 24.2 Å². The third-order valence-corrected chi connectivity index (χ3v) is 5.77. The predicted molar refractivity (Wildman–Crippen MR) is 113 cm³/mol. The average molecular weight is 427 g/mol. The van der Waals surface area contributed by atoms with Crippen LogP contribution in [0.2, 0.25) is 0 Å². The number of piperazine rings is 1. The van der Waals surface area contributed by atoms with Crippen molar-refractivity contribution in [2.75, 3.05) is 45.8 Å². The summed E-state index contributed by atoms with van der Waals surface area (Å²) in [7, 11) is 0. The molecular formula is C21H32ClFN4O2. The van der Waals surface area contributed by atoms with Gasteiger partial charge in [0.2, 0.25) is 11.8 Å². The smallest absolute Gasteiger partial charge is 0.223 e. The fourth-order valence-electron chi connectivity index (χ4n) is 3.82. The molecule has 0 spiro atoms. The van der Waals surface area contributed by atoms with Crippen LogP contribution in [-0.2, 0) is 16.1 Å². The molecule has 0 aromatic heterocycles. The summed E-state index contributed by atoms with van der Waals surface area (Å²) in [5, 5.41) is 6.19. The number of carbonyl (C=O) groups excluding carboxylic acids is 2. The number of hydrogen-bond donors (Lipinski definition) is 2. The number of benzene rings is 1. The first kappa shape index (κ1) is 23.6. The van der Waals surface area contributed by atoms with E-state index >= 15 is 0 Å². The summed E-state index contributed by atoms with van der Waals surface area (Å²) in [5.74, 6) is 0.0232. The second-order valence-corrected chi connectivity index (χ2v) is 7.80. The number of hydrogen-bond acceptors (Lipinski definition) is 4. The van der Waals surface area contributed by atoms with Gasteiger partial charge in [-0.25, -0.2) is 4.39 Å². The van der Waals surface area contributed by atoms with Crippen molar-refractivity contribution in [1.29, 1.82) is 0 Å². The van der Waals surface area contributed by atoms with Crippen molar-refractivity contribution in [3.63, 3.8) is 0 Å². The van der Waals surface area contributed by atoms with Crippen LogP contribution < -0.4 is 10.6 Å². The predicted octanol–water partition coefficient (Wildman–Crippen LogP) is 1.71. The fraction of sp³-hybridized carbons (Fsp3) is 0.619. The largest absolute Gasteiger partial charge is 0.352 e. The number of likely N-dealkylation sites (tertiary alicyclic amines) is 1. The maximum atomic E-state index is 13.6. The Labute approximate surface area is 178 Å². The van der Waals surface area contributed by atoms with Gasteiger partial charge < -0.3 is 20.4 Å². The summed E-state index contributed by atoms with van der Waals surface area (Å²) in [4.78, 5) is 28.9. The van der Waals surface area contributed by atoms with Gasteiger partial charge in [-0.15, -0.1) is 12.4 Å². The van der Waals surface area contributed by atoms with Crippen LogP contribution in [0.15, 0.2) is 18.2 Å². The molecule has 2 heterocycles. The fourth-order valence-corrected chi connectivity index (χ4v) is 3.82. The van der Waals surface area contributed by atoms with Crippen molar-refractivity contribution in [2.45, 2.75) is 32.7 Å². The van der Waals surface area contributed by atoms with Crippen molar-refractivity contribution in [1.82, 2.24) is 20.4 Å². The number of rotatable bonds is 6. The van der Waals surface area contributed by atoms with Crippen LogP contribution in [0.5, 0.6) is 0 Å². The molecule has 2 amide bonds. The molecule has 0 saturated carbocycles. The lowest BCUT2D eigenvalue weighted by molar-refractivity contribution is -0.132. The van der Waals surface area contributed by atoms with Gasteiger partial charge in [-0.3, -0.25) is 9.59 Å². The second-order valence-electron chi connectivity index (χ2n) is 7.80. The lowest BCUT2D eigenvalue weighted by Gasteiger charge is -2.32. The van der Waals surface area contributed by atoms with E-state index in [2.05, 4.69) is 15.5 Å². The lowest BCUT2D eigenvalue weighted by atomic mass is 9.95. The SMILES string of the molecule is Cc1ccc(CNC(=O)C2CCN(CCC(=O)N3CCNCC3)CC2)cc1F.Cl. The van der Waals surface area contributed by atoms with Crippen molar-refractivity contribution in [3.8, 4) is 0 Å². The van der Waals surface area contributed by atoms with E-state index in [9.17, 15) is 14.0 Å². The average Bonchev–Trinajstić information content (AvgIpc) is 2.73. The van der Waals surface area contributed by atoms with Crippen LogP contribution in [0, 0.1) is 18.7 Å². The van der Waals surface area contributed by atoms with Crippen LogP contribution in [0.1, 0.15) is 30.4 Å². The molecule has 2 aliphatic heterocycles. The highest BCUT2D eigenvalue weighted by molar-refractivity contribution is 5.85. The van der Waals surface area contributed by atoms with E-state index in [1.807, 2.05) is 11.0 Å². The van der Waals surface area contributed by atoms with Gasteiger partial charge in [-0.1, -0.05) is 12.1 Å². The Hall–Kier alpha value is -1.70. The van der Waals surface area contributed by atoms with Gasteiger partial charge in [0, 0.05) is 51.6 Å². The van der Waals surface area contributed by atoms with Gasteiger partial charge >= 0.3 is 0 Å². The molecule has 0 atom stereocenters. The highest BCUT2D eigenvalue weighted by atomic mass is 35.5. The maximum absolute atomic E-state index is 13.6. The molecule has 0 radical (unpaired) electrons. The third-order valence-electron chi connectivity index (χ3n) is 5.77. The van der Waals surface area contributed by atoms with Gasteiger partial charge in [-0.2, -0.15) is 0 Å². The topological polar surface area (TPSA) is 64.7 Å².